The first kappa shape index (κ1) is 48.8. The fourth-order valence-electron chi connectivity index (χ4n) is 6.82. The highest BCUT2D eigenvalue weighted by molar-refractivity contribution is 14.1. The van der Waals surface area contributed by atoms with Gasteiger partial charge in [-0.2, -0.15) is 0 Å². The van der Waals surface area contributed by atoms with E-state index in [0.29, 0.717) is 32.7 Å². The summed E-state index contributed by atoms with van der Waals surface area (Å²) >= 11 is 1.95. The maximum absolute atomic E-state index is 14.3. The Hall–Kier alpha value is -4.53. The predicted octanol–water partition coefficient (Wildman–Crippen LogP) is 3.93. The van der Waals surface area contributed by atoms with Crippen LogP contribution in [0.15, 0.2) is 60.7 Å². The summed E-state index contributed by atoms with van der Waals surface area (Å²) in [6.45, 7) is 11.4. The van der Waals surface area contributed by atoms with E-state index in [2.05, 4.69) is 27.2 Å². The minimum absolute atomic E-state index is 0.0535. The van der Waals surface area contributed by atoms with Gasteiger partial charge in [-0.15, -0.1) is 6.42 Å². The summed E-state index contributed by atoms with van der Waals surface area (Å²) in [4.78, 5) is 83.6. The van der Waals surface area contributed by atoms with Crippen molar-refractivity contribution < 1.29 is 43.3 Å². The van der Waals surface area contributed by atoms with Crippen LogP contribution in [0.1, 0.15) is 65.0 Å². The Balaban J connectivity index is 1.90. The van der Waals surface area contributed by atoms with Gasteiger partial charge in [-0.05, 0) is 55.6 Å². The molecule has 3 rings (SSSR count). The summed E-state index contributed by atoms with van der Waals surface area (Å²) in [7, 11) is 0. The molecule has 1 unspecified atom stereocenters. The van der Waals surface area contributed by atoms with E-state index in [9.17, 15) is 33.9 Å². The molecular formula is C44H60IN5O9. The van der Waals surface area contributed by atoms with Gasteiger partial charge in [-0.1, -0.05) is 117 Å². The summed E-state index contributed by atoms with van der Waals surface area (Å²) in [6, 6.07) is 14.3. The Labute approximate surface area is 361 Å². The number of ketones is 1. The number of nitrogens with zero attached hydrogens (tertiary/aromatic N) is 1. The molecule has 0 bridgehead atoms. The van der Waals surface area contributed by atoms with E-state index in [1.165, 1.54) is 6.92 Å². The van der Waals surface area contributed by atoms with Crippen molar-refractivity contribution in [2.24, 2.45) is 17.3 Å². The molecule has 1 heterocycles. The van der Waals surface area contributed by atoms with Crippen molar-refractivity contribution in [3.63, 3.8) is 0 Å². The molecule has 0 radical (unpaired) electrons. The number of morpholine rings is 1. The number of Topliss-reactive ketones (excluding diaryl/α,β-unsaturated/α-hetero) is 1. The van der Waals surface area contributed by atoms with E-state index in [-0.39, 0.29) is 54.4 Å². The molecule has 6 atom stereocenters. The number of hydrogen-bond acceptors (Lipinski definition) is 9. The lowest BCUT2D eigenvalue weighted by Gasteiger charge is -2.35. The van der Waals surface area contributed by atoms with E-state index < -0.39 is 65.3 Å². The first-order valence-electron chi connectivity index (χ1n) is 20.1. The SMILES string of the molecule is C#CC(OC(=O)O)[C@](C)(CI)C(=O)[C@H](CC(C)C)NC(=O)[C@H](Cc1ccccc1)NC(=O)[C@H](CC(C)C)NC(=O)[C@H](CCc1ccccc1)NC(=O)CN1CCOCC1. The number of ether oxygens (including phenoxy) is 2. The third-order valence-electron chi connectivity index (χ3n) is 10.1. The predicted molar refractivity (Wildman–Crippen MR) is 233 cm³/mol. The lowest BCUT2D eigenvalue weighted by atomic mass is 9.77. The Morgan fingerprint density at radius 2 is 1.31 bits per heavy atom. The third kappa shape index (κ3) is 16.2. The molecule has 322 valence electrons. The molecule has 0 spiro atoms. The van der Waals surface area contributed by atoms with Gasteiger partial charge >= 0.3 is 6.16 Å². The van der Waals surface area contributed by atoms with Crippen LogP contribution in [0.2, 0.25) is 0 Å². The Morgan fingerprint density at radius 1 is 0.797 bits per heavy atom. The summed E-state index contributed by atoms with van der Waals surface area (Å²) in [5.41, 5.74) is 0.226. The average molecular weight is 930 g/mol. The Bertz CT molecular complexity index is 1730. The number of carbonyl (C=O) groups excluding carboxylic acids is 5. The number of halogens is 1. The smallest absolute Gasteiger partial charge is 0.450 e. The molecule has 1 aliphatic rings. The fourth-order valence-corrected chi connectivity index (χ4v) is 7.60. The fraction of sp³-hybridized carbons (Fsp3) is 0.545. The van der Waals surface area contributed by atoms with E-state index in [4.69, 9.17) is 15.9 Å². The number of benzene rings is 2. The van der Waals surface area contributed by atoms with Gasteiger partial charge in [0.25, 0.3) is 0 Å². The number of aryl methyl sites for hydroxylation is 1. The second-order valence-electron chi connectivity index (χ2n) is 16.0. The maximum atomic E-state index is 14.3. The van der Waals surface area contributed by atoms with Crippen LogP contribution >= 0.6 is 22.6 Å². The molecule has 5 N–H and O–H groups in total. The van der Waals surface area contributed by atoms with E-state index >= 15 is 0 Å². The zero-order valence-corrected chi connectivity index (χ0v) is 36.9. The highest BCUT2D eigenvalue weighted by Crippen LogP contribution is 2.31. The lowest BCUT2D eigenvalue weighted by Crippen LogP contribution is -2.60. The number of alkyl halides is 1. The standard InChI is InChI=1S/C44H60IN5O9/c1-7-37(59-43(56)57)44(6,28-45)39(52)34(24-29(2)3)47-42(55)36(26-32-16-12-9-13-17-32)49-41(54)35(25-30(4)5)48-40(53)33(19-18-31-14-10-8-11-15-31)46-38(51)27-50-20-22-58-23-21-50/h1,8-17,29-30,33-37H,18-28H2,2-6H3,(H,46,51)(H,47,55)(H,48,53)(H,49,54)(H,56,57)/t33-,34-,35-,36-,37?,44-/m0/s1. The van der Waals surface area contributed by atoms with Gasteiger partial charge in [0.2, 0.25) is 23.6 Å². The zero-order valence-electron chi connectivity index (χ0n) is 34.7. The van der Waals surface area contributed by atoms with Crippen molar-refractivity contribution in [2.75, 3.05) is 37.3 Å². The van der Waals surface area contributed by atoms with Crippen LogP contribution in [-0.4, -0.2) is 113 Å². The molecule has 59 heavy (non-hydrogen) atoms. The summed E-state index contributed by atoms with van der Waals surface area (Å²) in [5.74, 6) is -0.485. The van der Waals surface area contributed by atoms with Crippen molar-refractivity contribution in [3.8, 4) is 12.3 Å². The monoisotopic (exact) mass is 929 g/mol. The largest absolute Gasteiger partial charge is 0.507 e. The summed E-state index contributed by atoms with van der Waals surface area (Å²) in [6.07, 6.45) is 3.84. The highest BCUT2D eigenvalue weighted by atomic mass is 127. The average Bonchev–Trinajstić information content (AvgIpc) is 3.20. The topological polar surface area (TPSA) is 192 Å². The molecular weight excluding hydrogens is 869 g/mol. The number of nitrogens with one attached hydrogen (secondary N) is 4. The first-order valence-corrected chi connectivity index (χ1v) is 21.6. The van der Waals surface area contributed by atoms with E-state index in [1.54, 1.807) is 24.3 Å². The van der Waals surface area contributed by atoms with Crippen LogP contribution in [0.5, 0.6) is 0 Å². The van der Waals surface area contributed by atoms with Crippen LogP contribution in [0.4, 0.5) is 4.79 Å². The zero-order chi connectivity index (χ0) is 43.5. The number of amides is 4. The highest BCUT2D eigenvalue weighted by Gasteiger charge is 2.46. The second kappa shape index (κ2) is 24.5. The van der Waals surface area contributed by atoms with Crippen LogP contribution in [0, 0.1) is 29.6 Å². The minimum Gasteiger partial charge on any atom is -0.450 e. The summed E-state index contributed by atoms with van der Waals surface area (Å²) in [5, 5.41) is 20.8. The first-order chi connectivity index (χ1) is 28.1. The van der Waals surface area contributed by atoms with Crippen LogP contribution in [-0.2, 0) is 46.3 Å². The maximum Gasteiger partial charge on any atom is 0.507 e. The molecule has 0 saturated carbocycles. The molecule has 1 aliphatic heterocycles. The van der Waals surface area contributed by atoms with Crippen LogP contribution in [0.3, 0.4) is 0 Å². The quantitative estimate of drug-likeness (QED) is 0.0473. The third-order valence-corrected chi connectivity index (χ3v) is 11.7. The minimum atomic E-state index is -1.63. The number of terminal acetylenes is 1. The van der Waals surface area contributed by atoms with E-state index in [1.807, 2.05) is 91.6 Å². The molecule has 14 nitrogen and oxygen atoms in total. The van der Waals surface area contributed by atoms with Crippen molar-refractivity contribution in [2.45, 2.75) is 97.0 Å². The molecule has 1 saturated heterocycles. The molecule has 2 aromatic rings. The molecule has 1 fully saturated rings. The number of hydrogen-bond donors (Lipinski definition) is 5. The van der Waals surface area contributed by atoms with Crippen LogP contribution < -0.4 is 21.3 Å². The number of carboxylic acid groups (broad SMARTS) is 1. The number of rotatable bonds is 23. The van der Waals surface area contributed by atoms with Crippen molar-refractivity contribution in [1.29, 1.82) is 0 Å². The van der Waals surface area contributed by atoms with Gasteiger partial charge in [0.05, 0.1) is 31.2 Å². The Kier molecular flexibility index (Phi) is 20.3. The lowest BCUT2D eigenvalue weighted by molar-refractivity contribution is -0.138. The van der Waals surface area contributed by atoms with Crippen LogP contribution in [0.25, 0.3) is 0 Å². The van der Waals surface area contributed by atoms with Crippen molar-refractivity contribution >= 4 is 58.2 Å². The molecule has 0 aliphatic carbocycles. The van der Waals surface area contributed by atoms with Gasteiger partial charge in [0, 0.05) is 23.9 Å². The van der Waals surface area contributed by atoms with Gasteiger partial charge < -0.3 is 35.8 Å². The molecule has 2 aromatic carbocycles. The van der Waals surface area contributed by atoms with E-state index in [0.717, 1.165) is 11.1 Å². The summed E-state index contributed by atoms with van der Waals surface area (Å²) < 4.78 is 10.4. The van der Waals surface area contributed by atoms with Crippen molar-refractivity contribution in [3.05, 3.63) is 71.8 Å². The van der Waals surface area contributed by atoms with Crippen molar-refractivity contribution in [1.82, 2.24) is 26.2 Å². The molecule has 4 amide bonds. The van der Waals surface area contributed by atoms with Gasteiger partial charge in [0.15, 0.2) is 11.9 Å². The second-order valence-corrected chi connectivity index (χ2v) is 16.8. The van der Waals surface area contributed by atoms with Gasteiger partial charge in [-0.3, -0.25) is 28.9 Å². The normalized spacial score (nSPS) is 16.6. The number of carbonyl (C=O) groups is 6. The van der Waals surface area contributed by atoms with Gasteiger partial charge in [-0.25, -0.2) is 4.79 Å². The molecule has 15 heteroatoms. The Morgan fingerprint density at radius 3 is 1.85 bits per heavy atom. The molecule has 0 aromatic heterocycles. The van der Waals surface area contributed by atoms with Gasteiger partial charge in [0.1, 0.15) is 18.1 Å².